The molecule has 0 saturated carbocycles. The normalized spacial score (nSPS) is 16.3. The van der Waals surface area contributed by atoms with E-state index in [1.165, 1.54) is 18.4 Å². The monoisotopic (exact) mass is 335 g/mol. The molecule has 6 nitrogen and oxygen atoms in total. The van der Waals surface area contributed by atoms with Crippen molar-refractivity contribution in [2.75, 3.05) is 6.61 Å². The van der Waals surface area contributed by atoms with Crippen molar-refractivity contribution in [2.45, 2.75) is 25.2 Å². The third-order valence-corrected chi connectivity index (χ3v) is 4.68. The number of benzene rings is 1. The van der Waals surface area contributed by atoms with Gasteiger partial charge in [0, 0.05) is 18.0 Å². The summed E-state index contributed by atoms with van der Waals surface area (Å²) >= 11 is 0. The first-order valence-electron chi connectivity index (χ1n) is 7.09. The molecule has 0 fully saturated rings. The number of aliphatic hydroxyl groups excluding tert-OH is 1. The Balaban J connectivity index is 2.34. The fraction of sp³-hybridized carbons (Fsp3) is 0.250. The van der Waals surface area contributed by atoms with E-state index in [4.69, 9.17) is 4.74 Å². The molecule has 0 aliphatic carbocycles. The summed E-state index contributed by atoms with van der Waals surface area (Å²) in [6.07, 6.45) is 2.96. The van der Waals surface area contributed by atoms with Gasteiger partial charge in [-0.15, -0.1) is 0 Å². The molecule has 1 aliphatic heterocycles. The smallest absolute Gasteiger partial charge is 0.343 e. The van der Waals surface area contributed by atoms with Crippen molar-refractivity contribution in [1.82, 2.24) is 0 Å². The van der Waals surface area contributed by atoms with Crippen molar-refractivity contribution in [2.24, 2.45) is 4.99 Å². The van der Waals surface area contributed by atoms with E-state index in [-0.39, 0.29) is 29.3 Å². The summed E-state index contributed by atoms with van der Waals surface area (Å²) in [7, 11) is -3.42. The first-order chi connectivity index (χ1) is 10.9. The van der Waals surface area contributed by atoms with Crippen LogP contribution < -0.4 is 0 Å². The molecule has 1 aromatic rings. The summed E-state index contributed by atoms with van der Waals surface area (Å²) in [5.74, 6) is -0.811. The van der Waals surface area contributed by atoms with Crippen LogP contribution in [0, 0.1) is 0 Å². The van der Waals surface area contributed by atoms with Crippen molar-refractivity contribution in [3.63, 3.8) is 0 Å². The van der Waals surface area contributed by atoms with Crippen molar-refractivity contribution in [3.05, 3.63) is 40.5 Å². The largest absolute Gasteiger partial charge is 0.511 e. The lowest BCUT2D eigenvalue weighted by molar-refractivity contribution is -0.138. The molecule has 1 heterocycles. The highest BCUT2D eigenvalue weighted by molar-refractivity contribution is 7.94. The molecule has 0 unspecified atom stereocenters. The van der Waals surface area contributed by atoms with Crippen LogP contribution in [0.5, 0.6) is 0 Å². The van der Waals surface area contributed by atoms with Crippen molar-refractivity contribution in [1.29, 1.82) is 0 Å². The minimum Gasteiger partial charge on any atom is -0.511 e. The topological polar surface area (TPSA) is 93.0 Å². The van der Waals surface area contributed by atoms with E-state index in [0.717, 1.165) is 5.41 Å². The van der Waals surface area contributed by atoms with Gasteiger partial charge in [0.25, 0.3) is 0 Å². The van der Waals surface area contributed by atoms with Crippen molar-refractivity contribution >= 4 is 33.8 Å². The van der Waals surface area contributed by atoms with Gasteiger partial charge in [-0.05, 0) is 30.7 Å². The summed E-state index contributed by atoms with van der Waals surface area (Å²) in [5, 5.41) is 10.9. The van der Waals surface area contributed by atoms with E-state index in [1.54, 1.807) is 26.0 Å². The lowest BCUT2D eigenvalue weighted by atomic mass is 10.2. The third kappa shape index (κ3) is 3.68. The van der Waals surface area contributed by atoms with Gasteiger partial charge in [-0.1, -0.05) is 13.0 Å². The van der Waals surface area contributed by atoms with Crippen molar-refractivity contribution in [3.8, 4) is 0 Å². The van der Waals surface area contributed by atoms with Gasteiger partial charge in [0.1, 0.15) is 11.3 Å². The molecule has 1 aromatic carbocycles. The van der Waals surface area contributed by atoms with Crippen LogP contribution in [0.1, 0.15) is 25.8 Å². The number of allylic oxidation sites excluding steroid dienone is 1. The van der Waals surface area contributed by atoms with E-state index in [2.05, 4.69) is 4.99 Å². The highest BCUT2D eigenvalue weighted by atomic mass is 32.2. The maximum absolute atomic E-state index is 11.8. The molecule has 0 aromatic heterocycles. The summed E-state index contributed by atoms with van der Waals surface area (Å²) in [6.45, 7) is 3.53. The average Bonchev–Trinajstić information content (AvgIpc) is 2.82. The van der Waals surface area contributed by atoms with Crippen LogP contribution in [0.4, 0.5) is 5.69 Å². The summed E-state index contributed by atoms with van der Waals surface area (Å²) in [5.41, 5.74) is 0.916. The SMILES string of the molecule is CCOC(=O)/C(C=Nc1ccc2c(c1)S(=O)(=O)C=C2)=C(\O)CC. The second-order valence-electron chi connectivity index (χ2n) is 4.76. The fourth-order valence-corrected chi connectivity index (χ4v) is 3.23. The van der Waals surface area contributed by atoms with Gasteiger partial charge in [0.15, 0.2) is 0 Å². The van der Waals surface area contributed by atoms with Crippen LogP contribution in [0.2, 0.25) is 0 Å². The average molecular weight is 335 g/mol. The van der Waals surface area contributed by atoms with Crippen LogP contribution in [-0.4, -0.2) is 32.3 Å². The molecule has 1 N–H and O–H groups in total. The second kappa shape index (κ2) is 6.78. The Kier molecular flexibility index (Phi) is 5.00. The third-order valence-electron chi connectivity index (χ3n) is 3.21. The van der Waals surface area contributed by atoms with E-state index in [0.29, 0.717) is 11.3 Å². The number of esters is 1. The number of rotatable bonds is 5. The summed E-state index contributed by atoms with van der Waals surface area (Å²) in [6, 6.07) is 4.69. The molecule has 0 radical (unpaired) electrons. The lowest BCUT2D eigenvalue weighted by Crippen LogP contribution is -2.11. The van der Waals surface area contributed by atoms with Gasteiger partial charge in [-0.3, -0.25) is 4.99 Å². The Hall–Kier alpha value is -2.41. The van der Waals surface area contributed by atoms with E-state index < -0.39 is 15.8 Å². The minimum absolute atomic E-state index is 0.0455. The molecule has 0 saturated heterocycles. The molecular formula is C16H17NO5S. The Morgan fingerprint density at radius 2 is 2.09 bits per heavy atom. The van der Waals surface area contributed by atoms with E-state index >= 15 is 0 Å². The first kappa shape index (κ1) is 17.0. The van der Waals surface area contributed by atoms with Crippen molar-refractivity contribution < 1.29 is 23.1 Å². The number of aliphatic hydroxyl groups is 1. The molecule has 23 heavy (non-hydrogen) atoms. The van der Waals surface area contributed by atoms with Gasteiger partial charge < -0.3 is 9.84 Å². The molecule has 0 spiro atoms. The predicted octanol–water partition coefficient (Wildman–Crippen LogP) is 2.93. The number of carbonyl (C=O) groups excluding carboxylic acids is 1. The maximum atomic E-state index is 11.8. The Bertz CT molecular complexity index is 819. The molecule has 1 aliphatic rings. The summed E-state index contributed by atoms with van der Waals surface area (Å²) in [4.78, 5) is 16.1. The number of fused-ring (bicyclic) bond motifs is 1. The van der Waals surface area contributed by atoms with Crippen LogP contribution in [0.3, 0.4) is 0 Å². The number of aliphatic imine (C=N–C) groups is 1. The number of hydrogen-bond acceptors (Lipinski definition) is 6. The zero-order chi connectivity index (χ0) is 17.0. The zero-order valence-corrected chi connectivity index (χ0v) is 13.6. The molecule has 0 atom stereocenters. The van der Waals surface area contributed by atoms with Crippen LogP contribution in [0.15, 0.2) is 44.8 Å². The number of hydrogen-bond donors (Lipinski definition) is 1. The Morgan fingerprint density at radius 1 is 1.35 bits per heavy atom. The first-order valence-corrected chi connectivity index (χ1v) is 8.64. The Labute approximate surface area is 134 Å². The highest BCUT2D eigenvalue weighted by Gasteiger charge is 2.20. The maximum Gasteiger partial charge on any atom is 0.343 e. The predicted molar refractivity (Wildman–Crippen MR) is 87.4 cm³/mol. The van der Waals surface area contributed by atoms with Crippen LogP contribution in [0.25, 0.3) is 6.08 Å². The van der Waals surface area contributed by atoms with E-state index in [1.807, 2.05) is 0 Å². The number of sulfone groups is 1. The molecule has 0 bridgehead atoms. The van der Waals surface area contributed by atoms with Crippen LogP contribution in [-0.2, 0) is 19.4 Å². The van der Waals surface area contributed by atoms with Crippen LogP contribution >= 0.6 is 0 Å². The minimum atomic E-state index is -3.42. The van der Waals surface area contributed by atoms with Gasteiger partial charge in [-0.25, -0.2) is 13.2 Å². The zero-order valence-electron chi connectivity index (χ0n) is 12.8. The quantitative estimate of drug-likeness (QED) is 0.386. The molecule has 122 valence electrons. The number of carbonyl (C=O) groups is 1. The highest BCUT2D eigenvalue weighted by Crippen LogP contribution is 2.30. The lowest BCUT2D eigenvalue weighted by Gasteiger charge is -2.05. The molecule has 7 heteroatoms. The van der Waals surface area contributed by atoms with Gasteiger partial charge in [0.05, 0.1) is 17.2 Å². The number of nitrogens with zero attached hydrogens (tertiary/aromatic N) is 1. The fourth-order valence-electron chi connectivity index (χ4n) is 2.01. The molecular weight excluding hydrogens is 318 g/mol. The van der Waals surface area contributed by atoms with Gasteiger partial charge >= 0.3 is 5.97 Å². The standard InChI is InChI=1S/C16H17NO5S/c1-3-14(18)13(16(19)22-4-2)10-17-12-6-5-11-7-8-23(20,21)15(11)9-12/h5-10,18H,3-4H2,1-2H3/b14-13-,17-10?. The van der Waals surface area contributed by atoms with Gasteiger partial charge in [-0.2, -0.15) is 0 Å². The number of ether oxygens (including phenoxy) is 1. The van der Waals surface area contributed by atoms with Gasteiger partial charge in [0.2, 0.25) is 9.84 Å². The molecule has 2 rings (SSSR count). The second-order valence-corrected chi connectivity index (χ2v) is 6.56. The Morgan fingerprint density at radius 3 is 2.74 bits per heavy atom. The molecule has 0 amide bonds. The summed E-state index contributed by atoms with van der Waals surface area (Å²) < 4.78 is 28.5. The van der Waals surface area contributed by atoms with E-state index in [9.17, 15) is 18.3 Å².